The highest BCUT2D eigenvalue weighted by Gasteiger charge is 2.33. The summed E-state index contributed by atoms with van der Waals surface area (Å²) in [6.45, 7) is 4.16. The molecule has 3 aromatic rings. The van der Waals surface area contributed by atoms with Gasteiger partial charge in [-0.25, -0.2) is 4.98 Å². The van der Waals surface area contributed by atoms with Gasteiger partial charge in [0.1, 0.15) is 12.4 Å². The number of nitrogens with zero attached hydrogens (tertiary/aromatic N) is 2. The van der Waals surface area contributed by atoms with Gasteiger partial charge in [0, 0.05) is 42.9 Å². The normalized spacial score (nSPS) is 22.6. The average molecular weight is 673 g/mol. The van der Waals surface area contributed by atoms with Crippen molar-refractivity contribution in [2.24, 2.45) is 11.8 Å². The number of benzene rings is 2. The van der Waals surface area contributed by atoms with Crippen molar-refractivity contribution in [2.45, 2.75) is 89.0 Å². The van der Waals surface area contributed by atoms with Crippen LogP contribution in [0, 0.1) is 18.8 Å². The molecule has 2 aromatic carbocycles. The lowest BCUT2D eigenvalue weighted by atomic mass is 9.78. The van der Waals surface area contributed by atoms with Crippen molar-refractivity contribution >= 4 is 28.8 Å². The summed E-state index contributed by atoms with van der Waals surface area (Å²) in [5.41, 5.74) is 4.71. The summed E-state index contributed by atoms with van der Waals surface area (Å²) in [6.07, 6.45) is 12.1. The lowest BCUT2D eigenvalue weighted by molar-refractivity contribution is -0.126. The van der Waals surface area contributed by atoms with E-state index in [1.807, 2.05) is 13.2 Å². The number of carbonyl (C=O) groups excluding carboxylic acids is 2. The fraction of sp³-hybridized carbons (Fsp3) is 0.564. The maximum absolute atomic E-state index is 14.4. The topological polar surface area (TPSA) is 92.8 Å². The zero-order valence-electron chi connectivity index (χ0n) is 28.8. The van der Waals surface area contributed by atoms with Gasteiger partial charge in [-0.3, -0.25) is 9.59 Å². The second-order valence-corrected chi connectivity index (χ2v) is 15.1. The molecule has 1 heterocycles. The van der Waals surface area contributed by atoms with Crippen molar-refractivity contribution in [2.75, 3.05) is 45.4 Å². The van der Waals surface area contributed by atoms with E-state index in [2.05, 4.69) is 64.9 Å². The number of anilines is 1. The fourth-order valence-electron chi connectivity index (χ4n) is 7.50. The number of hydrogen-bond donors (Lipinski definition) is 2. The highest BCUT2D eigenvalue weighted by atomic mass is 32.1. The number of aromatic nitrogens is 1. The summed E-state index contributed by atoms with van der Waals surface area (Å²) >= 11 is 1.79. The highest BCUT2D eigenvalue weighted by molar-refractivity contribution is 7.15. The molecule has 0 bridgehead atoms. The van der Waals surface area contributed by atoms with E-state index < -0.39 is 0 Å². The summed E-state index contributed by atoms with van der Waals surface area (Å²) in [4.78, 5) is 34.8. The van der Waals surface area contributed by atoms with E-state index in [0.29, 0.717) is 24.4 Å². The van der Waals surface area contributed by atoms with Gasteiger partial charge in [-0.05, 0) is 125 Å². The molecule has 3 aliphatic rings. The van der Waals surface area contributed by atoms with Crippen molar-refractivity contribution in [1.82, 2.24) is 15.6 Å². The lowest BCUT2D eigenvalue weighted by Crippen LogP contribution is -2.44. The molecule has 0 saturated heterocycles. The molecule has 0 unspecified atom stereocenters. The summed E-state index contributed by atoms with van der Waals surface area (Å²) < 4.78 is 10.9. The second-order valence-electron chi connectivity index (χ2n) is 14.1. The minimum absolute atomic E-state index is 0.0443. The van der Waals surface area contributed by atoms with Crippen LogP contribution in [0.3, 0.4) is 0 Å². The highest BCUT2D eigenvalue weighted by Crippen LogP contribution is 2.44. The number of rotatable bonds is 14. The predicted octanol–water partition coefficient (Wildman–Crippen LogP) is 7.22. The summed E-state index contributed by atoms with van der Waals surface area (Å²) in [7, 11) is 3.59. The third-order valence-electron chi connectivity index (χ3n) is 10.5. The average Bonchev–Trinajstić information content (AvgIpc) is 3.85. The molecule has 2 N–H and O–H groups in total. The Balaban J connectivity index is 1.12. The van der Waals surface area contributed by atoms with E-state index in [0.717, 1.165) is 81.5 Å². The molecule has 3 fully saturated rings. The smallest absolute Gasteiger partial charge is 0.246 e. The number of methoxy groups -OCH3 is 1. The Hall–Kier alpha value is -3.27. The number of nitrogens with one attached hydrogen (secondary N) is 2. The Morgan fingerprint density at radius 3 is 2.44 bits per heavy atom. The third-order valence-corrected chi connectivity index (χ3v) is 11.7. The van der Waals surface area contributed by atoms with Crippen molar-refractivity contribution in [3.8, 4) is 16.2 Å². The molecule has 3 saturated carbocycles. The van der Waals surface area contributed by atoms with Gasteiger partial charge in [-0.15, -0.1) is 11.3 Å². The number of aryl methyl sites for hydroxylation is 1. The zero-order chi connectivity index (χ0) is 33.5. The minimum atomic E-state index is -0.0763. The van der Waals surface area contributed by atoms with E-state index in [1.165, 1.54) is 33.9 Å². The van der Waals surface area contributed by atoms with E-state index in [1.54, 1.807) is 18.4 Å². The molecule has 0 radical (unpaired) electrons. The summed E-state index contributed by atoms with van der Waals surface area (Å²) in [5, 5.41) is 7.38. The minimum Gasteiger partial charge on any atom is -0.496 e. The van der Waals surface area contributed by atoms with Crippen LogP contribution in [-0.2, 0) is 14.3 Å². The molecule has 9 heteroatoms. The SMILES string of the molecule is CNCCOCC(=O)NC1CCC(C(=O)N(CC2CCC(c3ccc(OC)c(C)c3)CC2)c2cccc(-c3cnc(C4CC4)s3)c2)CC1. The monoisotopic (exact) mass is 672 g/mol. The van der Waals surface area contributed by atoms with Crippen LogP contribution in [0.25, 0.3) is 10.4 Å². The molecule has 0 spiro atoms. The standard InChI is InChI=1S/C39H52N4O4S/c1-26-21-31(15-18-35(26)46-3)28-9-7-27(8-10-28)24-43(34-6-4-5-32(22-34)36-23-41-38(48-36)29-11-12-29)39(45)30-13-16-33(17-14-30)42-37(44)25-47-20-19-40-2/h4-6,15,18,21-23,27-30,33,40H,7-14,16-17,19-20,24-25H2,1-3H3,(H,42,44). The molecule has 6 rings (SSSR count). The maximum atomic E-state index is 14.4. The van der Waals surface area contributed by atoms with Crippen LogP contribution in [0.4, 0.5) is 5.69 Å². The molecular weight excluding hydrogens is 621 g/mol. The Morgan fingerprint density at radius 1 is 0.958 bits per heavy atom. The van der Waals surface area contributed by atoms with Crippen molar-refractivity contribution in [3.05, 3.63) is 64.8 Å². The zero-order valence-corrected chi connectivity index (χ0v) is 29.7. The largest absolute Gasteiger partial charge is 0.496 e. The molecule has 2 amide bonds. The van der Waals surface area contributed by atoms with Crippen LogP contribution in [0.15, 0.2) is 48.7 Å². The molecule has 1 aromatic heterocycles. The third kappa shape index (κ3) is 8.84. The van der Waals surface area contributed by atoms with Gasteiger partial charge in [0.05, 0.1) is 23.6 Å². The number of amides is 2. The Labute approximate surface area is 290 Å². The van der Waals surface area contributed by atoms with E-state index in [-0.39, 0.29) is 30.4 Å². The summed E-state index contributed by atoms with van der Waals surface area (Å²) in [6, 6.07) is 15.3. The quantitative estimate of drug-likeness (QED) is 0.176. The fourth-order valence-corrected chi connectivity index (χ4v) is 8.58. The van der Waals surface area contributed by atoms with Gasteiger partial charge in [0.15, 0.2) is 0 Å². The molecule has 48 heavy (non-hydrogen) atoms. The van der Waals surface area contributed by atoms with Crippen LogP contribution < -0.4 is 20.3 Å². The van der Waals surface area contributed by atoms with Gasteiger partial charge in [-0.1, -0.05) is 24.3 Å². The molecule has 258 valence electrons. The van der Waals surface area contributed by atoms with Crippen LogP contribution in [-0.4, -0.2) is 63.3 Å². The molecule has 8 nitrogen and oxygen atoms in total. The van der Waals surface area contributed by atoms with Crippen molar-refractivity contribution in [1.29, 1.82) is 0 Å². The molecule has 3 aliphatic carbocycles. The number of thiazole rings is 1. The lowest BCUT2D eigenvalue weighted by Gasteiger charge is -2.36. The number of hydrogen-bond acceptors (Lipinski definition) is 7. The van der Waals surface area contributed by atoms with Crippen LogP contribution in [0.2, 0.25) is 0 Å². The first-order valence-corrected chi connectivity index (χ1v) is 18.8. The van der Waals surface area contributed by atoms with Crippen molar-refractivity contribution in [3.63, 3.8) is 0 Å². The summed E-state index contributed by atoms with van der Waals surface area (Å²) in [5.74, 6) is 2.68. The second kappa shape index (κ2) is 16.4. The number of likely N-dealkylation sites (N-methyl/N-ethyl adjacent to an activating group) is 1. The van der Waals surface area contributed by atoms with Gasteiger partial charge in [0.2, 0.25) is 11.8 Å². The van der Waals surface area contributed by atoms with Crippen LogP contribution >= 0.6 is 11.3 Å². The number of ether oxygens (including phenoxy) is 2. The Kier molecular flexibility index (Phi) is 11.8. The molecule has 0 atom stereocenters. The molecular formula is C39H52N4O4S. The Bertz CT molecular complexity index is 1520. The first-order chi connectivity index (χ1) is 23.4. The molecule has 0 aliphatic heterocycles. The number of carbonyl (C=O) groups is 2. The van der Waals surface area contributed by atoms with Crippen molar-refractivity contribution < 1.29 is 19.1 Å². The Morgan fingerprint density at radius 2 is 1.73 bits per heavy atom. The van der Waals surface area contributed by atoms with Gasteiger partial charge >= 0.3 is 0 Å². The van der Waals surface area contributed by atoms with E-state index >= 15 is 0 Å². The van der Waals surface area contributed by atoms with Crippen LogP contribution in [0.5, 0.6) is 5.75 Å². The first kappa shape index (κ1) is 34.6. The predicted molar refractivity (Wildman–Crippen MR) is 193 cm³/mol. The van der Waals surface area contributed by atoms with Gasteiger partial charge in [0.25, 0.3) is 0 Å². The van der Waals surface area contributed by atoms with Gasteiger partial charge < -0.3 is 25.0 Å². The van der Waals surface area contributed by atoms with Crippen LogP contribution in [0.1, 0.15) is 92.2 Å². The van der Waals surface area contributed by atoms with E-state index in [4.69, 9.17) is 14.5 Å². The maximum Gasteiger partial charge on any atom is 0.246 e. The first-order valence-electron chi connectivity index (χ1n) is 18.0. The van der Waals surface area contributed by atoms with Gasteiger partial charge in [-0.2, -0.15) is 0 Å². The van der Waals surface area contributed by atoms with E-state index in [9.17, 15) is 9.59 Å².